The van der Waals surface area contributed by atoms with Gasteiger partial charge in [0.05, 0.1) is 11.9 Å². The van der Waals surface area contributed by atoms with Crippen molar-refractivity contribution in [2.24, 2.45) is 0 Å². The van der Waals surface area contributed by atoms with E-state index in [0.29, 0.717) is 13.0 Å². The lowest BCUT2D eigenvalue weighted by Gasteiger charge is -2.33. The second-order valence-electron chi connectivity index (χ2n) is 8.12. The highest BCUT2D eigenvalue weighted by Gasteiger charge is 2.31. The summed E-state index contributed by atoms with van der Waals surface area (Å²) < 4.78 is 26.2. The number of aryl methyl sites for hydroxylation is 1. The molecule has 0 saturated heterocycles. The number of nitrogens with one attached hydrogen (secondary N) is 1. The fourth-order valence-electron chi connectivity index (χ4n) is 3.47. The monoisotopic (exact) mass is 527 g/mol. The molecule has 186 valence electrons. The molecule has 0 unspecified atom stereocenters. The number of carbonyl (C=O) groups excluding carboxylic acids is 2. The number of nitrogens with zero attached hydrogens (tertiary/aromatic N) is 2. The fourth-order valence-corrected chi connectivity index (χ4v) is 4.82. The first-order valence-corrected chi connectivity index (χ1v) is 13.6. The molecule has 34 heavy (non-hydrogen) atoms. The van der Waals surface area contributed by atoms with Gasteiger partial charge in [0.2, 0.25) is 21.8 Å². The van der Waals surface area contributed by atoms with Crippen LogP contribution in [0.3, 0.4) is 0 Å². The van der Waals surface area contributed by atoms with Crippen molar-refractivity contribution in [3.63, 3.8) is 0 Å². The van der Waals surface area contributed by atoms with Crippen molar-refractivity contribution in [2.75, 3.05) is 23.7 Å². The molecular weight excluding hydrogens is 497 g/mol. The van der Waals surface area contributed by atoms with Gasteiger partial charge < -0.3 is 10.2 Å². The minimum absolute atomic E-state index is 0.158. The second-order valence-corrected chi connectivity index (χ2v) is 10.9. The van der Waals surface area contributed by atoms with E-state index in [1.165, 1.54) is 23.1 Å². The molecule has 0 radical (unpaired) electrons. The quantitative estimate of drug-likeness (QED) is 0.469. The predicted octanol–water partition coefficient (Wildman–Crippen LogP) is 4.40. The van der Waals surface area contributed by atoms with E-state index in [9.17, 15) is 18.0 Å². The standard InChI is InChI=1S/C24H31Cl2N3O4S/c1-5-11-27-24(31)22(6-2)28(15-18-9-7-17(3)8-10-18)23(30)16-29(34(4,32)33)21-13-19(25)12-20(26)14-21/h7-10,12-14,22H,5-6,11,15-16H2,1-4H3,(H,27,31)/t22-/m0/s1. The molecule has 0 heterocycles. The molecule has 1 N–H and O–H groups in total. The zero-order chi connectivity index (χ0) is 25.5. The first-order chi connectivity index (χ1) is 16.0. The maximum absolute atomic E-state index is 13.6. The Balaban J connectivity index is 2.44. The molecule has 0 aromatic heterocycles. The third kappa shape index (κ3) is 7.89. The number of hydrogen-bond acceptors (Lipinski definition) is 4. The Morgan fingerprint density at radius 3 is 2.12 bits per heavy atom. The first-order valence-electron chi connectivity index (χ1n) is 11.0. The van der Waals surface area contributed by atoms with Gasteiger partial charge in [0, 0.05) is 23.1 Å². The Bertz CT molecular complexity index is 1090. The highest BCUT2D eigenvalue weighted by Crippen LogP contribution is 2.27. The number of hydrogen-bond donors (Lipinski definition) is 1. The predicted molar refractivity (Wildman–Crippen MR) is 138 cm³/mol. The lowest BCUT2D eigenvalue weighted by atomic mass is 10.1. The van der Waals surface area contributed by atoms with Crippen LogP contribution in [0.5, 0.6) is 0 Å². The van der Waals surface area contributed by atoms with Crippen molar-refractivity contribution in [3.8, 4) is 0 Å². The van der Waals surface area contributed by atoms with Gasteiger partial charge in [0.1, 0.15) is 12.6 Å². The molecule has 0 fully saturated rings. The van der Waals surface area contributed by atoms with E-state index in [1.54, 1.807) is 0 Å². The molecule has 7 nitrogen and oxygen atoms in total. The Labute approximate surface area is 212 Å². The van der Waals surface area contributed by atoms with Gasteiger partial charge in [-0.05, 0) is 43.5 Å². The summed E-state index contributed by atoms with van der Waals surface area (Å²) in [6.45, 7) is 5.86. The molecule has 10 heteroatoms. The van der Waals surface area contributed by atoms with Gasteiger partial charge in [0.25, 0.3) is 0 Å². The third-order valence-electron chi connectivity index (χ3n) is 5.22. The number of benzene rings is 2. The highest BCUT2D eigenvalue weighted by atomic mass is 35.5. The van der Waals surface area contributed by atoms with Gasteiger partial charge in [-0.15, -0.1) is 0 Å². The first kappa shape index (κ1) is 28.0. The SMILES string of the molecule is CCCNC(=O)[C@H](CC)N(Cc1ccc(C)cc1)C(=O)CN(c1cc(Cl)cc(Cl)c1)S(C)(=O)=O. The zero-order valence-corrected chi connectivity index (χ0v) is 22.2. The number of amides is 2. The van der Waals surface area contributed by atoms with Crippen molar-refractivity contribution >= 4 is 50.7 Å². The van der Waals surface area contributed by atoms with E-state index in [2.05, 4.69) is 5.32 Å². The van der Waals surface area contributed by atoms with E-state index in [1.807, 2.05) is 45.0 Å². The molecule has 2 aromatic carbocycles. The molecule has 0 aliphatic heterocycles. The van der Waals surface area contributed by atoms with Gasteiger partial charge in [-0.1, -0.05) is 66.9 Å². The maximum atomic E-state index is 13.6. The Hall–Kier alpha value is -2.29. The number of rotatable bonds is 11. The summed E-state index contributed by atoms with van der Waals surface area (Å²) in [5, 5.41) is 3.33. The van der Waals surface area contributed by atoms with Crippen LogP contribution in [0.15, 0.2) is 42.5 Å². The number of sulfonamides is 1. The lowest BCUT2D eigenvalue weighted by molar-refractivity contribution is -0.140. The summed E-state index contributed by atoms with van der Waals surface area (Å²) in [7, 11) is -3.86. The molecule has 0 bridgehead atoms. The smallest absolute Gasteiger partial charge is 0.244 e. The normalized spacial score (nSPS) is 12.2. The second kappa shape index (κ2) is 12.4. The zero-order valence-electron chi connectivity index (χ0n) is 19.8. The molecule has 2 rings (SSSR count). The van der Waals surface area contributed by atoms with Crippen molar-refractivity contribution in [1.82, 2.24) is 10.2 Å². The minimum atomic E-state index is -3.86. The summed E-state index contributed by atoms with van der Waals surface area (Å²) in [6.07, 6.45) is 2.13. The number of carbonyl (C=O) groups is 2. The molecule has 2 aromatic rings. The van der Waals surface area contributed by atoms with Crippen LogP contribution in [0.1, 0.15) is 37.8 Å². The van der Waals surface area contributed by atoms with Gasteiger partial charge in [-0.25, -0.2) is 8.42 Å². The Kier molecular flexibility index (Phi) is 10.2. The molecule has 1 atom stereocenters. The van der Waals surface area contributed by atoms with Gasteiger partial charge >= 0.3 is 0 Å². The molecule has 0 saturated carbocycles. The summed E-state index contributed by atoms with van der Waals surface area (Å²) in [6, 6.07) is 11.2. The van der Waals surface area contributed by atoms with Crippen LogP contribution < -0.4 is 9.62 Å². The number of anilines is 1. The number of halogens is 2. The summed E-state index contributed by atoms with van der Waals surface area (Å²) in [5.74, 6) is -0.790. The lowest BCUT2D eigenvalue weighted by Crippen LogP contribution is -2.52. The minimum Gasteiger partial charge on any atom is -0.354 e. The van der Waals surface area contributed by atoms with Crippen molar-refractivity contribution < 1.29 is 18.0 Å². The van der Waals surface area contributed by atoms with Gasteiger partial charge in [0.15, 0.2) is 0 Å². The Morgan fingerprint density at radius 2 is 1.62 bits per heavy atom. The van der Waals surface area contributed by atoms with E-state index >= 15 is 0 Å². The largest absolute Gasteiger partial charge is 0.354 e. The van der Waals surface area contributed by atoms with Crippen LogP contribution in [-0.4, -0.2) is 50.5 Å². The van der Waals surface area contributed by atoms with Crippen LogP contribution in [0.2, 0.25) is 10.0 Å². The average Bonchev–Trinajstić information content (AvgIpc) is 2.75. The van der Waals surface area contributed by atoms with Crippen LogP contribution in [0.25, 0.3) is 0 Å². The van der Waals surface area contributed by atoms with Gasteiger partial charge in [-0.2, -0.15) is 0 Å². The van der Waals surface area contributed by atoms with E-state index < -0.39 is 28.5 Å². The molecule has 0 spiro atoms. The van der Waals surface area contributed by atoms with E-state index in [4.69, 9.17) is 23.2 Å². The summed E-state index contributed by atoms with van der Waals surface area (Å²) in [4.78, 5) is 27.9. The summed E-state index contributed by atoms with van der Waals surface area (Å²) >= 11 is 12.1. The maximum Gasteiger partial charge on any atom is 0.244 e. The molecular formula is C24H31Cl2N3O4S. The van der Waals surface area contributed by atoms with Crippen LogP contribution in [0.4, 0.5) is 5.69 Å². The van der Waals surface area contributed by atoms with Crippen LogP contribution in [0, 0.1) is 6.92 Å². The van der Waals surface area contributed by atoms with E-state index in [0.717, 1.165) is 28.1 Å². The molecule has 0 aliphatic rings. The topological polar surface area (TPSA) is 86.8 Å². The molecule has 2 amide bonds. The summed E-state index contributed by atoms with van der Waals surface area (Å²) in [5.41, 5.74) is 2.07. The van der Waals surface area contributed by atoms with Crippen molar-refractivity contribution in [3.05, 3.63) is 63.6 Å². The third-order valence-corrected chi connectivity index (χ3v) is 6.80. The van der Waals surface area contributed by atoms with E-state index in [-0.39, 0.29) is 28.2 Å². The Morgan fingerprint density at radius 1 is 1.03 bits per heavy atom. The van der Waals surface area contributed by atoms with Crippen LogP contribution >= 0.6 is 23.2 Å². The fraction of sp³-hybridized carbons (Fsp3) is 0.417. The van der Waals surface area contributed by atoms with Crippen molar-refractivity contribution in [2.45, 2.75) is 46.2 Å². The average molecular weight is 529 g/mol. The van der Waals surface area contributed by atoms with Crippen molar-refractivity contribution in [1.29, 1.82) is 0 Å². The highest BCUT2D eigenvalue weighted by molar-refractivity contribution is 7.92. The van der Waals surface area contributed by atoms with Gasteiger partial charge in [-0.3, -0.25) is 13.9 Å². The molecule has 0 aliphatic carbocycles. The van der Waals surface area contributed by atoms with Crippen LogP contribution in [-0.2, 0) is 26.2 Å².